The fraction of sp³-hybridized carbons (Fsp3) is 0.357. The lowest BCUT2D eigenvalue weighted by Crippen LogP contribution is -2.28. The van der Waals surface area contributed by atoms with Gasteiger partial charge < -0.3 is 4.74 Å². The van der Waals surface area contributed by atoms with Crippen molar-refractivity contribution in [1.82, 2.24) is 14.5 Å². The molecule has 0 atom stereocenters. The SMILES string of the molecule is COc1ccc(S(=O)(=O)NCCn2nc(C)cc2C)cc1F. The van der Waals surface area contributed by atoms with Gasteiger partial charge >= 0.3 is 0 Å². The van der Waals surface area contributed by atoms with Crippen LogP contribution in [0.15, 0.2) is 29.2 Å². The van der Waals surface area contributed by atoms with Crippen molar-refractivity contribution in [3.63, 3.8) is 0 Å². The molecule has 2 rings (SSSR count). The van der Waals surface area contributed by atoms with Gasteiger partial charge in [0.25, 0.3) is 0 Å². The first kappa shape index (κ1) is 16.4. The Balaban J connectivity index is 2.05. The number of aryl methyl sites for hydroxylation is 2. The number of hydrogen-bond donors (Lipinski definition) is 1. The van der Waals surface area contributed by atoms with E-state index >= 15 is 0 Å². The van der Waals surface area contributed by atoms with E-state index in [4.69, 9.17) is 4.74 Å². The van der Waals surface area contributed by atoms with Crippen LogP contribution in [0.25, 0.3) is 0 Å². The van der Waals surface area contributed by atoms with Crippen molar-refractivity contribution in [2.75, 3.05) is 13.7 Å². The second kappa shape index (κ2) is 6.45. The number of halogens is 1. The van der Waals surface area contributed by atoms with Crippen molar-refractivity contribution in [1.29, 1.82) is 0 Å². The van der Waals surface area contributed by atoms with E-state index in [1.54, 1.807) is 4.68 Å². The molecule has 0 spiro atoms. The first-order chi connectivity index (χ1) is 10.3. The largest absolute Gasteiger partial charge is 0.494 e. The number of methoxy groups -OCH3 is 1. The molecule has 1 aromatic heterocycles. The molecule has 0 aliphatic heterocycles. The topological polar surface area (TPSA) is 73.2 Å². The molecule has 1 N–H and O–H groups in total. The maximum atomic E-state index is 13.6. The summed E-state index contributed by atoms with van der Waals surface area (Å²) in [7, 11) is -2.45. The maximum Gasteiger partial charge on any atom is 0.240 e. The first-order valence-electron chi connectivity index (χ1n) is 6.68. The zero-order valence-electron chi connectivity index (χ0n) is 12.6. The van der Waals surface area contributed by atoms with Crippen LogP contribution in [0.3, 0.4) is 0 Å². The molecule has 8 heteroatoms. The van der Waals surface area contributed by atoms with Crippen LogP contribution in [0.1, 0.15) is 11.4 Å². The number of rotatable bonds is 6. The molecule has 0 radical (unpaired) electrons. The number of aromatic nitrogens is 2. The smallest absolute Gasteiger partial charge is 0.240 e. The number of hydrogen-bond acceptors (Lipinski definition) is 4. The molecule has 2 aromatic rings. The van der Waals surface area contributed by atoms with Gasteiger partial charge in [-0.2, -0.15) is 5.10 Å². The number of nitrogens with zero attached hydrogens (tertiary/aromatic N) is 2. The molecule has 0 saturated carbocycles. The number of nitrogens with one attached hydrogen (secondary N) is 1. The minimum absolute atomic E-state index is 0.00147. The highest BCUT2D eigenvalue weighted by molar-refractivity contribution is 7.89. The van der Waals surface area contributed by atoms with Crippen LogP contribution in [0.2, 0.25) is 0 Å². The minimum Gasteiger partial charge on any atom is -0.494 e. The summed E-state index contributed by atoms with van der Waals surface area (Å²) in [5.74, 6) is -0.717. The minimum atomic E-state index is -3.77. The fourth-order valence-electron chi connectivity index (χ4n) is 2.08. The van der Waals surface area contributed by atoms with Gasteiger partial charge in [0.1, 0.15) is 0 Å². The zero-order chi connectivity index (χ0) is 16.3. The average Bonchev–Trinajstić information content (AvgIpc) is 2.76. The van der Waals surface area contributed by atoms with E-state index in [0.29, 0.717) is 6.54 Å². The van der Waals surface area contributed by atoms with Gasteiger partial charge in [-0.05, 0) is 38.1 Å². The summed E-state index contributed by atoms with van der Waals surface area (Å²) >= 11 is 0. The molecule has 1 heterocycles. The third kappa shape index (κ3) is 3.63. The summed E-state index contributed by atoms with van der Waals surface area (Å²) in [6.45, 7) is 4.33. The van der Waals surface area contributed by atoms with Crippen LogP contribution in [0.5, 0.6) is 5.75 Å². The summed E-state index contributed by atoms with van der Waals surface area (Å²) in [6, 6.07) is 5.43. The van der Waals surface area contributed by atoms with Gasteiger partial charge in [0.2, 0.25) is 10.0 Å². The third-order valence-electron chi connectivity index (χ3n) is 3.15. The standard InChI is InChI=1S/C14H18FN3O3S/c1-10-8-11(2)18(17-10)7-6-16-22(19,20)12-4-5-14(21-3)13(15)9-12/h4-5,8-9,16H,6-7H2,1-3H3. The Morgan fingerprint density at radius 2 is 2.05 bits per heavy atom. The molecule has 0 fully saturated rings. The Morgan fingerprint density at radius 3 is 2.59 bits per heavy atom. The van der Waals surface area contributed by atoms with Crippen LogP contribution in [0, 0.1) is 19.7 Å². The second-order valence-corrected chi connectivity index (χ2v) is 6.61. The van der Waals surface area contributed by atoms with E-state index in [9.17, 15) is 12.8 Å². The van der Waals surface area contributed by atoms with E-state index in [-0.39, 0.29) is 17.2 Å². The van der Waals surface area contributed by atoms with Crippen LogP contribution in [0.4, 0.5) is 4.39 Å². The number of sulfonamides is 1. The Morgan fingerprint density at radius 1 is 1.32 bits per heavy atom. The Labute approximate surface area is 129 Å². The van der Waals surface area contributed by atoms with Gasteiger partial charge in [-0.1, -0.05) is 0 Å². The van der Waals surface area contributed by atoms with Crippen LogP contribution in [-0.2, 0) is 16.6 Å². The number of benzene rings is 1. The van der Waals surface area contributed by atoms with E-state index < -0.39 is 15.8 Å². The molecule has 0 aliphatic carbocycles. The van der Waals surface area contributed by atoms with Crippen molar-refractivity contribution in [2.24, 2.45) is 0 Å². The van der Waals surface area contributed by atoms with E-state index in [1.165, 1.54) is 19.2 Å². The van der Waals surface area contributed by atoms with Crippen molar-refractivity contribution in [3.05, 3.63) is 41.5 Å². The lowest BCUT2D eigenvalue weighted by Gasteiger charge is -2.09. The van der Waals surface area contributed by atoms with Crippen LogP contribution >= 0.6 is 0 Å². The van der Waals surface area contributed by atoms with Gasteiger partial charge in [0.15, 0.2) is 11.6 Å². The molecule has 22 heavy (non-hydrogen) atoms. The first-order valence-corrected chi connectivity index (χ1v) is 8.16. The summed E-state index contributed by atoms with van der Waals surface area (Å²) in [5, 5.41) is 4.24. The molecular weight excluding hydrogens is 309 g/mol. The van der Waals surface area contributed by atoms with E-state index in [0.717, 1.165) is 17.5 Å². The normalized spacial score (nSPS) is 11.6. The van der Waals surface area contributed by atoms with Gasteiger partial charge in [0.05, 0.1) is 24.2 Å². The van der Waals surface area contributed by atoms with Crippen molar-refractivity contribution in [2.45, 2.75) is 25.3 Å². The second-order valence-electron chi connectivity index (χ2n) is 4.84. The van der Waals surface area contributed by atoms with Gasteiger partial charge in [-0.15, -0.1) is 0 Å². The van der Waals surface area contributed by atoms with E-state index in [2.05, 4.69) is 9.82 Å². The molecule has 0 unspecified atom stereocenters. The molecule has 0 bridgehead atoms. The van der Waals surface area contributed by atoms with Crippen LogP contribution in [-0.4, -0.2) is 31.9 Å². The Hall–Kier alpha value is -1.93. The van der Waals surface area contributed by atoms with Gasteiger partial charge in [-0.3, -0.25) is 4.68 Å². The van der Waals surface area contributed by atoms with Crippen molar-refractivity contribution in [3.8, 4) is 5.75 Å². The molecular formula is C14H18FN3O3S. The molecule has 1 aromatic carbocycles. The maximum absolute atomic E-state index is 13.6. The van der Waals surface area contributed by atoms with Gasteiger partial charge in [-0.25, -0.2) is 17.5 Å². The van der Waals surface area contributed by atoms with Gasteiger partial charge in [0, 0.05) is 12.2 Å². The predicted molar refractivity (Wildman–Crippen MR) is 79.8 cm³/mol. The molecule has 120 valence electrons. The third-order valence-corrected chi connectivity index (χ3v) is 4.61. The predicted octanol–water partition coefficient (Wildman–Crippen LogP) is 1.63. The van der Waals surface area contributed by atoms with Crippen molar-refractivity contribution < 1.29 is 17.5 Å². The summed E-state index contributed by atoms with van der Waals surface area (Å²) < 4.78 is 46.7. The zero-order valence-corrected chi connectivity index (χ0v) is 13.4. The highest BCUT2D eigenvalue weighted by atomic mass is 32.2. The lowest BCUT2D eigenvalue weighted by molar-refractivity contribution is 0.385. The molecule has 6 nitrogen and oxygen atoms in total. The fourth-order valence-corrected chi connectivity index (χ4v) is 3.12. The molecule has 0 amide bonds. The lowest BCUT2D eigenvalue weighted by atomic mass is 10.3. The highest BCUT2D eigenvalue weighted by Crippen LogP contribution is 2.20. The Kier molecular flexibility index (Phi) is 4.82. The molecule has 0 aliphatic rings. The monoisotopic (exact) mass is 327 g/mol. The van der Waals surface area contributed by atoms with Crippen LogP contribution < -0.4 is 9.46 Å². The summed E-state index contributed by atoms with van der Waals surface area (Å²) in [6.07, 6.45) is 0. The summed E-state index contributed by atoms with van der Waals surface area (Å²) in [5.41, 5.74) is 1.82. The Bertz CT molecular complexity index is 772. The highest BCUT2D eigenvalue weighted by Gasteiger charge is 2.16. The summed E-state index contributed by atoms with van der Waals surface area (Å²) in [4.78, 5) is -0.140. The van der Waals surface area contributed by atoms with E-state index in [1.807, 2.05) is 19.9 Å². The van der Waals surface area contributed by atoms with Crippen molar-refractivity contribution >= 4 is 10.0 Å². The molecule has 0 saturated heterocycles. The average molecular weight is 327 g/mol. The number of ether oxygens (including phenoxy) is 1. The quantitative estimate of drug-likeness (QED) is 0.875.